The summed E-state index contributed by atoms with van der Waals surface area (Å²) in [6.07, 6.45) is 3.74. The number of nitrogens with zero attached hydrogens (tertiary/aromatic N) is 1. The molecule has 2 aromatic rings. The molecule has 0 spiro atoms. The van der Waals surface area contributed by atoms with Crippen LogP contribution in [-0.4, -0.2) is 9.81 Å². The molecule has 1 aromatic carbocycles. The van der Waals surface area contributed by atoms with Crippen LogP contribution in [0.3, 0.4) is 0 Å². The topological polar surface area (TPSA) is 22.0 Å². The summed E-state index contributed by atoms with van der Waals surface area (Å²) in [4.78, 5) is 11.2. The van der Waals surface area contributed by atoms with Gasteiger partial charge in [0.2, 0.25) is 0 Å². The fourth-order valence-corrected chi connectivity index (χ4v) is 1.90. The predicted octanol–water partition coefficient (Wildman–Crippen LogP) is 3.62. The monoisotopic (exact) mass is 283 g/mol. The van der Waals surface area contributed by atoms with E-state index in [0.29, 0.717) is 5.56 Å². The largest absolute Gasteiger partial charge is 0.323 e. The number of carbonyl (C=O) groups excluding carboxylic acids is 1. The second kappa shape index (κ2) is 4.21. The lowest BCUT2D eigenvalue weighted by Crippen LogP contribution is -1.99. The zero-order valence-electron chi connectivity index (χ0n) is 7.65. The average molecular weight is 285 g/mol. The second-order valence-electron chi connectivity index (χ2n) is 3.03. The van der Waals surface area contributed by atoms with Gasteiger partial charge in [-0.25, -0.2) is 0 Å². The summed E-state index contributed by atoms with van der Waals surface area (Å²) in [7, 11) is 0. The zero-order valence-corrected chi connectivity index (χ0v) is 9.99. The quantitative estimate of drug-likeness (QED) is 0.772. The molecule has 0 aliphatic heterocycles. The molecule has 0 saturated carbocycles. The van der Waals surface area contributed by atoms with Crippen molar-refractivity contribution in [3.63, 3.8) is 0 Å². The van der Waals surface area contributed by atoms with Crippen molar-refractivity contribution in [2.24, 2.45) is 0 Å². The van der Waals surface area contributed by atoms with Gasteiger partial charge in [0.05, 0.1) is 11.3 Å². The van der Waals surface area contributed by atoms with Gasteiger partial charge in [0.15, 0.2) is 0 Å². The minimum atomic E-state index is -0.458. The fourth-order valence-electron chi connectivity index (χ4n) is 1.39. The molecule has 0 unspecified atom stereocenters. The summed E-state index contributed by atoms with van der Waals surface area (Å²) in [5.74, 6) is 0. The Labute approximate surface area is 101 Å². The maximum Gasteiger partial charge on any atom is 0.254 e. The van der Waals surface area contributed by atoms with Crippen LogP contribution >= 0.6 is 27.5 Å². The lowest BCUT2D eigenvalue weighted by atomic mass is 10.2. The van der Waals surface area contributed by atoms with E-state index in [4.69, 9.17) is 11.6 Å². The summed E-state index contributed by atoms with van der Waals surface area (Å²) in [5.41, 5.74) is 1.27. The first kappa shape index (κ1) is 10.5. The Morgan fingerprint density at radius 2 is 1.93 bits per heavy atom. The maximum atomic E-state index is 11.2. The van der Waals surface area contributed by atoms with Gasteiger partial charge < -0.3 is 4.57 Å². The van der Waals surface area contributed by atoms with Crippen LogP contribution in [0.2, 0.25) is 0 Å². The number of carbonyl (C=O) groups is 1. The molecule has 0 atom stereocenters. The van der Waals surface area contributed by atoms with Gasteiger partial charge in [-0.15, -0.1) is 0 Å². The van der Waals surface area contributed by atoms with Gasteiger partial charge in [-0.1, -0.05) is 15.9 Å². The number of benzene rings is 1. The van der Waals surface area contributed by atoms with Crippen LogP contribution in [0.4, 0.5) is 0 Å². The van der Waals surface area contributed by atoms with E-state index in [2.05, 4.69) is 15.9 Å². The van der Waals surface area contributed by atoms with E-state index in [9.17, 15) is 4.79 Å². The highest BCUT2D eigenvalue weighted by Crippen LogP contribution is 2.21. The third-order valence-electron chi connectivity index (χ3n) is 2.05. The van der Waals surface area contributed by atoms with Crippen molar-refractivity contribution in [3.8, 4) is 5.69 Å². The smallest absolute Gasteiger partial charge is 0.254 e. The molecule has 0 saturated heterocycles. The Bertz CT molecular complexity index is 493. The average Bonchev–Trinajstić information content (AvgIpc) is 2.70. The lowest BCUT2D eigenvalue weighted by Gasteiger charge is -2.07. The summed E-state index contributed by atoms with van der Waals surface area (Å²) >= 11 is 8.83. The Balaban J connectivity index is 2.61. The lowest BCUT2D eigenvalue weighted by molar-refractivity contribution is 0.108. The van der Waals surface area contributed by atoms with E-state index in [-0.39, 0.29) is 0 Å². The standard InChI is InChI=1S/C11H7BrClNO/c12-8-3-4-10(9(7-8)11(13)15)14-5-1-2-6-14/h1-7H. The van der Waals surface area contributed by atoms with Crippen LogP contribution in [-0.2, 0) is 0 Å². The number of hydrogen-bond acceptors (Lipinski definition) is 1. The van der Waals surface area contributed by atoms with E-state index in [1.165, 1.54) is 0 Å². The molecule has 0 N–H and O–H groups in total. The Morgan fingerprint density at radius 3 is 2.53 bits per heavy atom. The van der Waals surface area contributed by atoms with Crippen LogP contribution in [0, 0.1) is 0 Å². The van der Waals surface area contributed by atoms with E-state index >= 15 is 0 Å². The SMILES string of the molecule is O=C(Cl)c1cc(Br)ccc1-n1cccc1. The van der Waals surface area contributed by atoms with Crippen molar-refractivity contribution in [1.82, 2.24) is 4.57 Å². The summed E-state index contributed by atoms with van der Waals surface area (Å²) in [5, 5.41) is -0.458. The van der Waals surface area contributed by atoms with Gasteiger partial charge in [-0.2, -0.15) is 0 Å². The van der Waals surface area contributed by atoms with Crippen LogP contribution in [0.15, 0.2) is 47.2 Å². The molecule has 2 rings (SSSR count). The Morgan fingerprint density at radius 1 is 1.27 bits per heavy atom. The first-order valence-corrected chi connectivity index (χ1v) is 5.48. The molecule has 0 radical (unpaired) electrons. The van der Waals surface area contributed by atoms with Crippen molar-refractivity contribution < 1.29 is 4.79 Å². The summed E-state index contributed by atoms with van der Waals surface area (Å²) < 4.78 is 2.68. The molecule has 15 heavy (non-hydrogen) atoms. The number of halogens is 2. The highest BCUT2D eigenvalue weighted by molar-refractivity contribution is 9.10. The molecule has 1 heterocycles. The highest BCUT2D eigenvalue weighted by atomic mass is 79.9. The third-order valence-corrected chi connectivity index (χ3v) is 2.75. The van der Waals surface area contributed by atoms with Crippen LogP contribution in [0.5, 0.6) is 0 Å². The van der Waals surface area contributed by atoms with Gasteiger partial charge in [-0.05, 0) is 41.9 Å². The van der Waals surface area contributed by atoms with E-state index in [1.807, 2.05) is 41.2 Å². The fraction of sp³-hybridized carbons (Fsp3) is 0. The maximum absolute atomic E-state index is 11.2. The van der Waals surface area contributed by atoms with Gasteiger partial charge in [-0.3, -0.25) is 4.79 Å². The minimum absolute atomic E-state index is 0.458. The molecule has 0 aliphatic carbocycles. The van der Waals surface area contributed by atoms with Crippen LogP contribution < -0.4 is 0 Å². The van der Waals surface area contributed by atoms with Gasteiger partial charge in [0.25, 0.3) is 5.24 Å². The Kier molecular flexibility index (Phi) is 2.93. The van der Waals surface area contributed by atoms with Gasteiger partial charge in [0, 0.05) is 16.9 Å². The zero-order chi connectivity index (χ0) is 10.8. The first-order chi connectivity index (χ1) is 7.18. The molecular formula is C11H7BrClNO. The molecule has 76 valence electrons. The normalized spacial score (nSPS) is 10.3. The van der Waals surface area contributed by atoms with Crippen molar-refractivity contribution in [3.05, 3.63) is 52.8 Å². The van der Waals surface area contributed by atoms with Gasteiger partial charge in [0.1, 0.15) is 0 Å². The highest BCUT2D eigenvalue weighted by Gasteiger charge is 2.10. The van der Waals surface area contributed by atoms with Crippen LogP contribution in [0.25, 0.3) is 5.69 Å². The molecule has 0 aliphatic rings. The van der Waals surface area contributed by atoms with Crippen LogP contribution in [0.1, 0.15) is 10.4 Å². The molecule has 2 nitrogen and oxygen atoms in total. The molecule has 4 heteroatoms. The minimum Gasteiger partial charge on any atom is -0.323 e. The van der Waals surface area contributed by atoms with E-state index in [0.717, 1.165) is 10.2 Å². The van der Waals surface area contributed by atoms with Crippen molar-refractivity contribution in [2.45, 2.75) is 0 Å². The predicted molar refractivity (Wildman–Crippen MR) is 63.7 cm³/mol. The van der Waals surface area contributed by atoms with Gasteiger partial charge >= 0.3 is 0 Å². The molecule has 0 fully saturated rings. The third kappa shape index (κ3) is 2.13. The van der Waals surface area contributed by atoms with Crippen molar-refractivity contribution in [1.29, 1.82) is 0 Å². The molecular weight excluding hydrogens is 277 g/mol. The van der Waals surface area contributed by atoms with E-state index in [1.54, 1.807) is 6.07 Å². The first-order valence-electron chi connectivity index (χ1n) is 4.31. The van der Waals surface area contributed by atoms with E-state index < -0.39 is 5.24 Å². The summed E-state index contributed by atoms with van der Waals surface area (Å²) in [6, 6.07) is 9.22. The molecule has 1 aromatic heterocycles. The van der Waals surface area contributed by atoms with Crippen molar-refractivity contribution >= 4 is 32.8 Å². The van der Waals surface area contributed by atoms with Crippen molar-refractivity contribution in [2.75, 3.05) is 0 Å². The Hall–Kier alpha value is -1.06. The number of rotatable bonds is 2. The number of aromatic nitrogens is 1. The second-order valence-corrected chi connectivity index (χ2v) is 4.28. The number of hydrogen-bond donors (Lipinski definition) is 0. The molecule has 0 amide bonds. The summed E-state index contributed by atoms with van der Waals surface area (Å²) in [6.45, 7) is 0. The molecule has 0 bridgehead atoms.